The van der Waals surface area contributed by atoms with Gasteiger partial charge in [0.25, 0.3) is 0 Å². The summed E-state index contributed by atoms with van der Waals surface area (Å²) in [6, 6.07) is 5.66. The summed E-state index contributed by atoms with van der Waals surface area (Å²) in [4.78, 5) is 44.4. The van der Waals surface area contributed by atoms with Crippen LogP contribution in [0.3, 0.4) is 0 Å². The fourth-order valence-corrected chi connectivity index (χ4v) is 4.90. The second-order valence-electron chi connectivity index (χ2n) is 9.99. The number of hydrogen-bond donors (Lipinski definition) is 2. The van der Waals surface area contributed by atoms with Gasteiger partial charge in [0.1, 0.15) is 12.6 Å². The number of benzene rings is 1. The smallest absolute Gasteiger partial charge is 0.436 e. The van der Waals surface area contributed by atoms with Gasteiger partial charge in [-0.3, -0.25) is 4.79 Å². The zero-order valence-electron chi connectivity index (χ0n) is 21.4. The Morgan fingerprint density at radius 3 is 2.54 bits per heavy atom. The Morgan fingerprint density at radius 2 is 1.92 bits per heavy atom. The molecule has 0 spiro atoms. The molecular formula is C26H34ClN5O4S. The van der Waals surface area contributed by atoms with Gasteiger partial charge in [0, 0.05) is 41.9 Å². The number of hydrogen-bond acceptors (Lipinski definition) is 5. The lowest BCUT2D eigenvalue weighted by Crippen LogP contribution is -2.56. The molecule has 2 N–H and O–H groups in total. The van der Waals surface area contributed by atoms with E-state index in [9.17, 15) is 14.4 Å². The molecule has 0 aliphatic carbocycles. The van der Waals surface area contributed by atoms with Crippen LogP contribution < -0.4 is 15.4 Å². The summed E-state index contributed by atoms with van der Waals surface area (Å²) in [5.41, 5.74) is 0.114. The first kappa shape index (κ1) is 28.5. The number of amides is 4. The first-order valence-corrected chi connectivity index (χ1v) is 13.4. The molecule has 2 heterocycles. The Balaban J connectivity index is 1.57. The van der Waals surface area contributed by atoms with E-state index in [-0.39, 0.29) is 12.5 Å². The van der Waals surface area contributed by atoms with E-state index in [1.165, 1.54) is 17.4 Å². The van der Waals surface area contributed by atoms with Crippen LogP contribution in [0.4, 0.5) is 15.3 Å². The van der Waals surface area contributed by atoms with Crippen LogP contribution in [0.25, 0.3) is 0 Å². The van der Waals surface area contributed by atoms with Crippen LogP contribution in [0.5, 0.6) is 0 Å². The number of likely N-dealkylation sites (tertiary alicyclic amines) is 1. The van der Waals surface area contributed by atoms with Gasteiger partial charge in [-0.25, -0.2) is 9.59 Å². The SMILES string of the molecule is C=CCOC(=O)N=c1sccn1CC1CCN(C(=O)C(NC(=O)Nc2ccc(Cl)cc2)C(C)(C)C)CC1. The second-order valence-corrected chi connectivity index (χ2v) is 11.3. The summed E-state index contributed by atoms with van der Waals surface area (Å²) in [6.45, 7) is 11.3. The molecule has 1 aromatic heterocycles. The van der Waals surface area contributed by atoms with Gasteiger partial charge in [0.05, 0.1) is 0 Å². The lowest BCUT2D eigenvalue weighted by atomic mass is 9.85. The summed E-state index contributed by atoms with van der Waals surface area (Å²) in [5, 5.41) is 8.09. The number of carbonyl (C=O) groups is 3. The van der Waals surface area contributed by atoms with E-state index in [0.29, 0.717) is 41.1 Å². The Kier molecular flexibility index (Phi) is 9.93. The molecule has 3 rings (SSSR count). The zero-order valence-corrected chi connectivity index (χ0v) is 23.0. The van der Waals surface area contributed by atoms with Crippen molar-refractivity contribution >= 4 is 46.7 Å². The third kappa shape index (κ3) is 8.46. The molecule has 4 amide bonds. The average Bonchev–Trinajstić information content (AvgIpc) is 3.28. The highest BCUT2D eigenvalue weighted by atomic mass is 35.5. The Bertz CT molecular complexity index is 1160. The molecule has 2 aromatic rings. The second kappa shape index (κ2) is 12.9. The van der Waals surface area contributed by atoms with Crippen molar-refractivity contribution in [2.75, 3.05) is 25.0 Å². The minimum atomic E-state index is -0.686. The van der Waals surface area contributed by atoms with Gasteiger partial charge in [-0.2, -0.15) is 0 Å². The van der Waals surface area contributed by atoms with E-state index in [4.69, 9.17) is 16.3 Å². The van der Waals surface area contributed by atoms with Gasteiger partial charge in [-0.15, -0.1) is 16.3 Å². The van der Waals surface area contributed by atoms with Crippen LogP contribution in [-0.4, -0.2) is 53.2 Å². The van der Waals surface area contributed by atoms with Crippen molar-refractivity contribution < 1.29 is 19.1 Å². The van der Waals surface area contributed by atoms with E-state index in [0.717, 1.165) is 12.8 Å². The fourth-order valence-electron chi connectivity index (χ4n) is 4.04. The number of urea groups is 1. The van der Waals surface area contributed by atoms with Gasteiger partial charge >= 0.3 is 12.1 Å². The van der Waals surface area contributed by atoms with Gasteiger partial charge < -0.3 is 24.8 Å². The molecule has 1 aliphatic rings. The molecule has 11 heteroatoms. The molecule has 1 aliphatic heterocycles. The number of ether oxygens (including phenoxy) is 1. The van der Waals surface area contributed by atoms with Crippen LogP contribution in [0.15, 0.2) is 53.5 Å². The lowest BCUT2D eigenvalue weighted by Gasteiger charge is -2.38. The molecule has 1 atom stereocenters. The number of piperidine rings is 1. The summed E-state index contributed by atoms with van der Waals surface area (Å²) in [7, 11) is 0. The van der Waals surface area contributed by atoms with E-state index in [1.807, 2.05) is 41.8 Å². The number of aromatic nitrogens is 1. The van der Waals surface area contributed by atoms with Gasteiger partial charge in [0.2, 0.25) is 5.91 Å². The molecule has 1 unspecified atom stereocenters. The van der Waals surface area contributed by atoms with Crippen LogP contribution in [0.1, 0.15) is 33.6 Å². The van der Waals surface area contributed by atoms with Crippen LogP contribution in [-0.2, 0) is 16.1 Å². The summed E-state index contributed by atoms with van der Waals surface area (Å²) in [6.07, 6.45) is 4.38. The summed E-state index contributed by atoms with van der Waals surface area (Å²) in [5.74, 6) is 0.233. The van der Waals surface area contributed by atoms with Crippen LogP contribution >= 0.6 is 22.9 Å². The predicted molar refractivity (Wildman–Crippen MR) is 146 cm³/mol. The minimum Gasteiger partial charge on any atom is -0.444 e. The van der Waals surface area contributed by atoms with E-state index in [1.54, 1.807) is 24.3 Å². The topological polar surface area (TPSA) is 105 Å². The van der Waals surface area contributed by atoms with Crippen molar-refractivity contribution in [3.05, 3.63) is 58.3 Å². The van der Waals surface area contributed by atoms with Crippen molar-refractivity contribution in [2.24, 2.45) is 16.3 Å². The van der Waals surface area contributed by atoms with E-state index < -0.39 is 23.6 Å². The van der Waals surface area contributed by atoms with Crippen LogP contribution in [0.2, 0.25) is 5.02 Å². The fraction of sp³-hybridized carbons (Fsp3) is 0.462. The predicted octanol–water partition coefficient (Wildman–Crippen LogP) is 4.90. The molecule has 1 fully saturated rings. The van der Waals surface area contributed by atoms with E-state index in [2.05, 4.69) is 22.2 Å². The maximum absolute atomic E-state index is 13.5. The van der Waals surface area contributed by atoms with Gasteiger partial charge in [-0.1, -0.05) is 45.0 Å². The number of nitrogens with zero attached hydrogens (tertiary/aromatic N) is 3. The first-order chi connectivity index (χ1) is 17.6. The molecule has 1 aromatic carbocycles. The largest absolute Gasteiger partial charge is 0.444 e. The maximum Gasteiger partial charge on any atom is 0.436 e. The van der Waals surface area contributed by atoms with Crippen molar-refractivity contribution in [1.82, 2.24) is 14.8 Å². The Labute approximate surface area is 226 Å². The molecule has 1 saturated heterocycles. The number of anilines is 1. The minimum absolute atomic E-state index is 0.0963. The highest BCUT2D eigenvalue weighted by molar-refractivity contribution is 7.07. The molecule has 0 saturated carbocycles. The van der Waals surface area contributed by atoms with Gasteiger partial charge in [0.15, 0.2) is 4.80 Å². The highest BCUT2D eigenvalue weighted by Crippen LogP contribution is 2.25. The maximum atomic E-state index is 13.5. The monoisotopic (exact) mass is 547 g/mol. The van der Waals surface area contributed by atoms with Crippen molar-refractivity contribution in [1.29, 1.82) is 0 Å². The molecule has 0 radical (unpaired) electrons. The Hall–Kier alpha value is -3.11. The third-order valence-electron chi connectivity index (χ3n) is 6.04. The average molecular weight is 548 g/mol. The van der Waals surface area contributed by atoms with E-state index >= 15 is 0 Å². The Morgan fingerprint density at radius 1 is 1.24 bits per heavy atom. The summed E-state index contributed by atoms with van der Waals surface area (Å²) < 4.78 is 6.90. The standard InChI is InChI=1S/C26H34ClN5O4S/c1-5-15-36-25(35)30-24-32(14-16-37-24)17-18-10-12-31(13-11-18)22(33)21(26(2,3)4)29-23(34)28-20-8-6-19(27)7-9-20/h5-9,14,16,18,21H,1,10-13,15,17H2,2-4H3,(H2,28,29,34). The third-order valence-corrected chi connectivity index (χ3v) is 7.09. The highest BCUT2D eigenvalue weighted by Gasteiger charge is 2.37. The van der Waals surface area contributed by atoms with Crippen LogP contribution in [0, 0.1) is 11.3 Å². The molecule has 200 valence electrons. The lowest BCUT2D eigenvalue weighted by molar-refractivity contribution is -0.137. The van der Waals surface area contributed by atoms with Crippen molar-refractivity contribution in [3.63, 3.8) is 0 Å². The van der Waals surface area contributed by atoms with Crippen molar-refractivity contribution in [2.45, 2.75) is 46.2 Å². The molecule has 9 nitrogen and oxygen atoms in total. The number of carbonyl (C=O) groups excluding carboxylic acids is 3. The normalized spacial score (nSPS) is 15.7. The molecular weight excluding hydrogens is 514 g/mol. The first-order valence-electron chi connectivity index (χ1n) is 12.1. The molecule has 0 bridgehead atoms. The quantitative estimate of drug-likeness (QED) is 0.481. The number of nitrogens with one attached hydrogen (secondary N) is 2. The molecule has 37 heavy (non-hydrogen) atoms. The zero-order chi connectivity index (χ0) is 27.0. The number of halogens is 1. The van der Waals surface area contributed by atoms with Crippen molar-refractivity contribution in [3.8, 4) is 0 Å². The summed E-state index contributed by atoms with van der Waals surface area (Å²) >= 11 is 7.28. The number of thiazole rings is 1. The van der Waals surface area contributed by atoms with Gasteiger partial charge in [-0.05, 0) is 48.4 Å². The number of rotatable bonds is 7.